The number of fused-ring (bicyclic) bond motifs is 2. The lowest BCUT2D eigenvalue weighted by Crippen LogP contribution is -2.57. The second kappa shape index (κ2) is 6.31. The summed E-state index contributed by atoms with van der Waals surface area (Å²) in [6, 6.07) is 8.79. The van der Waals surface area contributed by atoms with E-state index < -0.39 is 23.7 Å². The summed E-state index contributed by atoms with van der Waals surface area (Å²) >= 11 is 0. The quantitative estimate of drug-likeness (QED) is 0.844. The Bertz CT molecular complexity index is 578. The summed E-state index contributed by atoms with van der Waals surface area (Å²) in [5.41, 5.74) is 0.514. The first kappa shape index (κ1) is 16.0. The highest BCUT2D eigenvalue weighted by Crippen LogP contribution is 2.41. The molecule has 6 heteroatoms. The van der Waals surface area contributed by atoms with Gasteiger partial charge in [-0.1, -0.05) is 36.4 Å². The lowest BCUT2D eigenvalue weighted by Gasteiger charge is -2.39. The van der Waals surface area contributed by atoms with Crippen LogP contribution < -0.4 is 5.32 Å². The van der Waals surface area contributed by atoms with Gasteiger partial charge >= 0.3 is 12.1 Å². The zero-order chi connectivity index (χ0) is 16.3. The van der Waals surface area contributed by atoms with E-state index in [1.807, 2.05) is 37.3 Å². The van der Waals surface area contributed by atoms with E-state index >= 15 is 0 Å². The van der Waals surface area contributed by atoms with Gasteiger partial charge in [-0.15, -0.1) is 6.58 Å². The zero-order valence-electron chi connectivity index (χ0n) is 13.1. The van der Waals surface area contributed by atoms with E-state index in [2.05, 4.69) is 11.9 Å². The Balaban J connectivity index is 1.59. The second-order valence-corrected chi connectivity index (χ2v) is 5.96. The van der Waals surface area contributed by atoms with Gasteiger partial charge in [0.15, 0.2) is 0 Å². The molecule has 0 spiro atoms. The normalized spacial score (nSPS) is 30.5. The maximum absolute atomic E-state index is 12.0. The van der Waals surface area contributed by atoms with Crippen LogP contribution in [0.15, 0.2) is 43.0 Å². The Labute approximate surface area is 135 Å². The molecule has 2 aliphatic heterocycles. The number of alkyl carbamates (subject to hydrolysis) is 1. The molecule has 1 aromatic carbocycles. The van der Waals surface area contributed by atoms with E-state index in [1.165, 1.54) is 6.08 Å². The first-order valence-corrected chi connectivity index (χ1v) is 7.63. The van der Waals surface area contributed by atoms with Crippen molar-refractivity contribution in [3.05, 3.63) is 48.6 Å². The molecule has 2 aliphatic rings. The molecule has 6 nitrogen and oxygen atoms in total. The Morgan fingerprint density at radius 3 is 2.96 bits per heavy atom. The third kappa shape index (κ3) is 3.39. The number of carbonyl (C=O) groups is 1. The van der Waals surface area contributed by atoms with Gasteiger partial charge in [-0.05, 0) is 12.5 Å². The Morgan fingerprint density at radius 2 is 2.22 bits per heavy atom. The number of hydrogen-bond acceptors (Lipinski definition) is 5. The summed E-state index contributed by atoms with van der Waals surface area (Å²) in [5, 5.41) is 2.69. The van der Waals surface area contributed by atoms with E-state index in [-0.39, 0.29) is 6.61 Å². The van der Waals surface area contributed by atoms with Gasteiger partial charge in [0.1, 0.15) is 12.6 Å². The molecule has 2 heterocycles. The average Bonchev–Trinajstić information content (AvgIpc) is 2.81. The third-order valence-corrected chi connectivity index (χ3v) is 4.00. The van der Waals surface area contributed by atoms with Gasteiger partial charge in [0.25, 0.3) is 0 Å². The predicted octanol–water partition coefficient (Wildman–Crippen LogP) is 2.35. The maximum atomic E-state index is 12.0. The molecule has 1 amide bonds. The number of rotatable bonds is 5. The largest absolute Gasteiger partial charge is 0.445 e. The van der Waals surface area contributed by atoms with Crippen LogP contribution in [0.5, 0.6) is 0 Å². The molecule has 3 rings (SSSR count). The summed E-state index contributed by atoms with van der Waals surface area (Å²) < 4.78 is 22.5. The van der Waals surface area contributed by atoms with Crippen LogP contribution in [0.25, 0.3) is 0 Å². The van der Waals surface area contributed by atoms with Crippen molar-refractivity contribution in [3.8, 4) is 0 Å². The Kier molecular flexibility index (Phi) is 4.39. The van der Waals surface area contributed by atoms with Crippen LogP contribution in [0, 0.1) is 0 Å². The van der Waals surface area contributed by atoms with Gasteiger partial charge in [-0.2, -0.15) is 0 Å². The van der Waals surface area contributed by atoms with Crippen LogP contribution in [-0.4, -0.2) is 36.9 Å². The van der Waals surface area contributed by atoms with E-state index in [9.17, 15) is 4.79 Å². The number of nitrogens with one attached hydrogen (secondary N) is 1. The van der Waals surface area contributed by atoms with Crippen molar-refractivity contribution < 1.29 is 23.7 Å². The number of ether oxygens (including phenoxy) is 4. The van der Waals surface area contributed by atoms with Gasteiger partial charge < -0.3 is 24.3 Å². The third-order valence-electron chi connectivity index (χ3n) is 4.00. The van der Waals surface area contributed by atoms with Gasteiger partial charge in [-0.25, -0.2) is 4.79 Å². The molecule has 1 N–H and O–H groups in total. The molecular weight excluding hydrogens is 298 g/mol. The summed E-state index contributed by atoms with van der Waals surface area (Å²) in [5.74, 6) is -1.32. The van der Waals surface area contributed by atoms with Crippen molar-refractivity contribution in [2.24, 2.45) is 0 Å². The van der Waals surface area contributed by atoms with Gasteiger partial charge in [0.2, 0.25) is 0 Å². The minimum atomic E-state index is -1.32. The van der Waals surface area contributed by atoms with Crippen LogP contribution >= 0.6 is 0 Å². The SMILES string of the molecule is C=C[C@H](NC(=O)OCc1ccccc1)[C@]12OCC[C@](C)(CO1)O2. The number of hydrogen-bond donors (Lipinski definition) is 1. The molecule has 0 aliphatic carbocycles. The van der Waals surface area contributed by atoms with Crippen molar-refractivity contribution in [1.29, 1.82) is 0 Å². The van der Waals surface area contributed by atoms with E-state index in [0.29, 0.717) is 13.2 Å². The van der Waals surface area contributed by atoms with Crippen LogP contribution in [-0.2, 0) is 25.6 Å². The van der Waals surface area contributed by atoms with E-state index in [4.69, 9.17) is 18.9 Å². The minimum Gasteiger partial charge on any atom is -0.445 e. The molecular formula is C17H21NO5. The Morgan fingerprint density at radius 1 is 1.43 bits per heavy atom. The van der Waals surface area contributed by atoms with Crippen LogP contribution in [0.3, 0.4) is 0 Å². The molecule has 0 saturated carbocycles. The molecule has 2 saturated heterocycles. The molecule has 0 unspecified atom stereocenters. The van der Waals surface area contributed by atoms with Crippen LogP contribution in [0.2, 0.25) is 0 Å². The highest BCUT2D eigenvalue weighted by molar-refractivity contribution is 5.68. The van der Waals surface area contributed by atoms with Crippen molar-refractivity contribution >= 4 is 6.09 Å². The molecule has 2 fully saturated rings. The molecule has 1 aromatic rings. The fourth-order valence-electron chi connectivity index (χ4n) is 2.69. The van der Waals surface area contributed by atoms with Crippen LogP contribution in [0.1, 0.15) is 18.9 Å². The van der Waals surface area contributed by atoms with Gasteiger partial charge in [0.05, 0.1) is 18.8 Å². The minimum absolute atomic E-state index is 0.184. The first-order chi connectivity index (χ1) is 11.1. The topological polar surface area (TPSA) is 66.0 Å². The smallest absolute Gasteiger partial charge is 0.408 e. The molecule has 0 radical (unpaired) electrons. The monoisotopic (exact) mass is 319 g/mol. The number of carbonyl (C=O) groups excluding carboxylic acids is 1. The van der Waals surface area contributed by atoms with Gasteiger partial charge in [0, 0.05) is 6.42 Å². The fourth-order valence-corrected chi connectivity index (χ4v) is 2.69. The summed E-state index contributed by atoms with van der Waals surface area (Å²) in [6.07, 6.45) is 1.70. The van der Waals surface area contributed by atoms with Crippen molar-refractivity contribution in [1.82, 2.24) is 5.32 Å². The van der Waals surface area contributed by atoms with Crippen molar-refractivity contribution in [2.45, 2.75) is 37.6 Å². The standard InChI is InChI=1S/C17H21NO5/c1-3-14(17-21-10-9-16(2,23-17)12-22-17)18-15(19)20-11-13-7-5-4-6-8-13/h3-8,14H,1,9-12H2,2H3,(H,18,19)/t14-,16+,17-/m0/s1. The number of benzene rings is 1. The molecule has 3 atom stereocenters. The summed E-state index contributed by atoms with van der Waals surface area (Å²) in [7, 11) is 0. The summed E-state index contributed by atoms with van der Waals surface area (Å²) in [4.78, 5) is 12.0. The van der Waals surface area contributed by atoms with Crippen LogP contribution in [0.4, 0.5) is 4.79 Å². The zero-order valence-corrected chi connectivity index (χ0v) is 13.1. The maximum Gasteiger partial charge on any atom is 0.408 e. The molecule has 23 heavy (non-hydrogen) atoms. The predicted molar refractivity (Wildman–Crippen MR) is 82.5 cm³/mol. The fraction of sp³-hybridized carbons (Fsp3) is 0.471. The summed E-state index contributed by atoms with van der Waals surface area (Å²) in [6.45, 7) is 6.80. The second-order valence-electron chi connectivity index (χ2n) is 5.96. The number of amides is 1. The molecule has 0 aromatic heterocycles. The van der Waals surface area contributed by atoms with Crippen molar-refractivity contribution in [2.75, 3.05) is 13.2 Å². The molecule has 124 valence electrons. The highest BCUT2D eigenvalue weighted by Gasteiger charge is 2.57. The lowest BCUT2D eigenvalue weighted by atomic mass is 10.0. The Hall–Kier alpha value is -1.89. The lowest BCUT2D eigenvalue weighted by molar-refractivity contribution is -0.372. The first-order valence-electron chi connectivity index (χ1n) is 7.63. The van der Waals surface area contributed by atoms with E-state index in [1.54, 1.807) is 0 Å². The molecule has 2 bridgehead atoms. The highest BCUT2D eigenvalue weighted by atomic mass is 16.9. The van der Waals surface area contributed by atoms with Crippen molar-refractivity contribution in [3.63, 3.8) is 0 Å². The average molecular weight is 319 g/mol. The van der Waals surface area contributed by atoms with E-state index in [0.717, 1.165) is 12.0 Å². The van der Waals surface area contributed by atoms with Gasteiger partial charge in [-0.3, -0.25) is 0 Å².